The summed E-state index contributed by atoms with van der Waals surface area (Å²) in [6.45, 7) is 4.15. The van der Waals surface area contributed by atoms with Gasteiger partial charge in [0.2, 0.25) is 0 Å². The van der Waals surface area contributed by atoms with Gasteiger partial charge in [-0.05, 0) is 20.8 Å². The quantitative estimate of drug-likeness (QED) is 0.736. The Bertz CT molecular complexity index is 283. The fourth-order valence-corrected chi connectivity index (χ4v) is 0.616. The van der Waals surface area contributed by atoms with E-state index in [9.17, 15) is 9.59 Å². The summed E-state index contributed by atoms with van der Waals surface area (Å²) >= 11 is 0. The monoisotopic (exact) mass is 206 g/mol. The molecule has 0 aliphatic rings. The second kappa shape index (κ2) is 5.59. The highest BCUT2D eigenvalue weighted by Gasteiger charge is 2.16. The van der Waals surface area contributed by atoms with E-state index in [1.807, 2.05) is 0 Å². The molecule has 1 N–H and O–H groups in total. The molecule has 5 heteroatoms. The van der Waals surface area contributed by atoms with Gasteiger partial charge in [0.15, 0.2) is 5.78 Å². The van der Waals surface area contributed by atoms with Crippen LogP contribution in [0.25, 0.3) is 0 Å². The van der Waals surface area contributed by atoms with Crippen molar-refractivity contribution in [1.29, 1.82) is 0 Å². The molecule has 0 atom stereocenters. The number of ketones is 1. The molecule has 82 valence electrons. The summed E-state index contributed by atoms with van der Waals surface area (Å²) in [5.41, 5.74) is -0.650. The van der Waals surface area contributed by atoms with Gasteiger partial charge < -0.3 is 14.8 Å². The Morgan fingerprint density at radius 2 is 2.07 bits per heavy atom. The van der Waals surface area contributed by atoms with Crippen molar-refractivity contribution in [3.05, 3.63) is 0 Å². The zero-order valence-electron chi connectivity index (χ0n) is 11.5. The molecule has 0 aromatic carbocycles. The van der Waals surface area contributed by atoms with Crippen molar-refractivity contribution in [2.24, 2.45) is 0 Å². The molecule has 0 unspecified atom stereocenters. The van der Waals surface area contributed by atoms with Gasteiger partial charge >= 0.3 is 6.09 Å². The van der Waals surface area contributed by atoms with E-state index in [1.165, 1.54) is 0 Å². The molecule has 1 amide bonds. The van der Waals surface area contributed by atoms with Gasteiger partial charge in [-0.2, -0.15) is 0 Å². The number of methoxy groups -OCH3 is 1. The molecule has 0 spiro atoms. The lowest BCUT2D eigenvalue weighted by Crippen LogP contribution is -2.36. The minimum Gasteiger partial charge on any atom is -0.444 e. The highest BCUT2D eigenvalue weighted by molar-refractivity contribution is 5.84. The Morgan fingerprint density at radius 1 is 1.43 bits per heavy atom. The van der Waals surface area contributed by atoms with E-state index in [1.54, 1.807) is 20.8 Å². The van der Waals surface area contributed by atoms with Crippen molar-refractivity contribution < 1.29 is 23.2 Å². The van der Waals surface area contributed by atoms with Crippen LogP contribution in [0.5, 0.6) is 0 Å². The smallest absolute Gasteiger partial charge is 0.408 e. The Morgan fingerprint density at radius 3 is 2.57 bits per heavy atom. The summed E-state index contributed by atoms with van der Waals surface area (Å²) in [6, 6.07) is 0. The molecule has 0 bridgehead atoms. The van der Waals surface area contributed by atoms with E-state index >= 15 is 0 Å². The first-order valence-electron chi connectivity index (χ1n) is 5.62. The van der Waals surface area contributed by atoms with Crippen LogP contribution in [0.1, 0.15) is 24.9 Å². The lowest BCUT2D eigenvalue weighted by molar-refractivity contribution is -0.121. The number of carbonyl (C=O) groups excluding carboxylic acids is 2. The van der Waals surface area contributed by atoms with Crippen LogP contribution < -0.4 is 5.32 Å². The van der Waals surface area contributed by atoms with Crippen LogP contribution in [-0.2, 0) is 14.3 Å². The summed E-state index contributed by atoms with van der Waals surface area (Å²) in [5.74, 6) is -0.549. The standard InChI is InChI=1S/C9H17NO4/c1-9(2,3)14-8(12)10-5-7(11)6-13-4/h5-6H2,1-4H3,(H,10,12)/i4D3. The van der Waals surface area contributed by atoms with Gasteiger partial charge in [-0.3, -0.25) is 4.79 Å². The topological polar surface area (TPSA) is 64.6 Å². The lowest BCUT2D eigenvalue weighted by Gasteiger charge is -2.19. The molecule has 14 heavy (non-hydrogen) atoms. The van der Waals surface area contributed by atoms with Gasteiger partial charge in [-0.15, -0.1) is 0 Å². The van der Waals surface area contributed by atoms with Crippen LogP contribution in [0.3, 0.4) is 0 Å². The van der Waals surface area contributed by atoms with Crippen molar-refractivity contribution in [2.45, 2.75) is 26.4 Å². The Hall–Kier alpha value is -1.10. The molecule has 0 aromatic rings. The third-order valence-corrected chi connectivity index (χ3v) is 1.06. The molecule has 5 nitrogen and oxygen atoms in total. The Balaban J connectivity index is 3.82. The Labute approximate surface area is 88.0 Å². The largest absolute Gasteiger partial charge is 0.444 e. The molecular weight excluding hydrogens is 186 g/mol. The maximum atomic E-state index is 11.1. The van der Waals surface area contributed by atoms with E-state index in [4.69, 9.17) is 8.85 Å². The molecule has 0 saturated heterocycles. The number of carbonyl (C=O) groups is 2. The van der Waals surface area contributed by atoms with Crippen molar-refractivity contribution in [2.75, 3.05) is 20.2 Å². The second-order valence-corrected chi connectivity index (χ2v) is 3.68. The summed E-state index contributed by atoms with van der Waals surface area (Å²) in [6.07, 6.45) is -0.736. The molecule has 0 saturated carbocycles. The first-order valence-corrected chi connectivity index (χ1v) is 4.12. The van der Waals surface area contributed by atoms with E-state index in [-0.39, 0.29) is 6.54 Å². The summed E-state index contributed by atoms with van der Waals surface area (Å²) in [7, 11) is -2.61. The van der Waals surface area contributed by atoms with Crippen LogP contribution in [-0.4, -0.2) is 37.7 Å². The predicted octanol–water partition coefficient (Wildman–Crippen LogP) is 0.727. The summed E-state index contributed by atoms with van der Waals surface area (Å²) < 4.78 is 29.3. The average Bonchev–Trinajstić information content (AvgIpc) is 2.07. The van der Waals surface area contributed by atoms with E-state index < -0.39 is 31.1 Å². The SMILES string of the molecule is [2H]C([2H])([2H])OCC(=O)CNC(=O)OC(C)(C)C. The molecule has 0 fully saturated rings. The number of nitrogens with one attached hydrogen (secondary N) is 1. The first kappa shape index (κ1) is 8.23. The third kappa shape index (κ3) is 7.54. The third-order valence-electron chi connectivity index (χ3n) is 1.06. The van der Waals surface area contributed by atoms with Crippen LogP contribution in [0.15, 0.2) is 0 Å². The number of hydrogen-bond acceptors (Lipinski definition) is 4. The molecular formula is C9H17NO4. The maximum absolute atomic E-state index is 11.1. The van der Waals surface area contributed by atoms with Gasteiger partial charge in [0.05, 0.1) is 10.7 Å². The molecule has 0 heterocycles. The van der Waals surface area contributed by atoms with Crippen LogP contribution in [0.2, 0.25) is 0 Å². The van der Waals surface area contributed by atoms with Crippen LogP contribution >= 0.6 is 0 Å². The molecule has 0 aliphatic heterocycles. The van der Waals surface area contributed by atoms with Crippen LogP contribution in [0, 0.1) is 0 Å². The number of ether oxygens (including phenoxy) is 2. The van der Waals surface area contributed by atoms with Crippen LogP contribution in [0.4, 0.5) is 4.79 Å². The maximum Gasteiger partial charge on any atom is 0.408 e. The summed E-state index contributed by atoms with van der Waals surface area (Å²) in [5, 5.41) is 2.20. The van der Waals surface area contributed by atoms with Crippen molar-refractivity contribution >= 4 is 11.9 Å². The molecule has 0 aliphatic carbocycles. The molecule has 0 radical (unpaired) electrons. The van der Waals surface area contributed by atoms with Gasteiger partial charge in [0.25, 0.3) is 0 Å². The molecule has 0 rings (SSSR count). The second-order valence-electron chi connectivity index (χ2n) is 3.68. The van der Waals surface area contributed by atoms with Crippen molar-refractivity contribution in [3.63, 3.8) is 0 Å². The average molecular weight is 206 g/mol. The number of hydrogen-bond donors (Lipinski definition) is 1. The van der Waals surface area contributed by atoms with E-state index in [0.29, 0.717) is 0 Å². The highest BCUT2D eigenvalue weighted by Crippen LogP contribution is 2.05. The van der Waals surface area contributed by atoms with E-state index in [2.05, 4.69) is 10.1 Å². The number of Topliss-reactive ketones (excluding diaryl/α,β-unsaturated/α-hetero) is 1. The van der Waals surface area contributed by atoms with E-state index in [0.717, 1.165) is 0 Å². The van der Waals surface area contributed by atoms with Gasteiger partial charge in [-0.1, -0.05) is 0 Å². The fourth-order valence-electron chi connectivity index (χ4n) is 0.616. The minimum atomic E-state index is -2.61. The number of amides is 1. The van der Waals surface area contributed by atoms with Crippen molar-refractivity contribution in [3.8, 4) is 0 Å². The lowest BCUT2D eigenvalue weighted by atomic mass is 10.2. The highest BCUT2D eigenvalue weighted by atomic mass is 16.6. The van der Waals surface area contributed by atoms with Gasteiger partial charge in [0.1, 0.15) is 12.2 Å². The predicted molar refractivity (Wildman–Crippen MR) is 51.1 cm³/mol. The van der Waals surface area contributed by atoms with Gasteiger partial charge in [0, 0.05) is 7.04 Å². The summed E-state index contributed by atoms with van der Waals surface area (Å²) in [4.78, 5) is 22.2. The fraction of sp³-hybridized carbons (Fsp3) is 0.778. The zero-order valence-corrected chi connectivity index (χ0v) is 8.55. The normalized spacial score (nSPS) is 14.9. The molecule has 0 aromatic heterocycles. The number of alkyl carbamates (subject to hydrolysis) is 1. The minimum absolute atomic E-state index is 0.328. The van der Waals surface area contributed by atoms with Gasteiger partial charge in [-0.25, -0.2) is 4.79 Å². The van der Waals surface area contributed by atoms with Crippen molar-refractivity contribution in [1.82, 2.24) is 5.32 Å². The zero-order chi connectivity index (χ0) is 13.7. The Kier molecular flexibility index (Phi) is 3.29. The first-order chi connectivity index (χ1) is 7.49. The number of rotatable bonds is 4.